The van der Waals surface area contributed by atoms with Crippen LogP contribution in [0, 0.1) is 11.2 Å². The molecule has 5 rings (SSSR count). The Hall–Kier alpha value is -3.61. The number of hydrogen-bond donors (Lipinski definition) is 0. The summed E-state index contributed by atoms with van der Waals surface area (Å²) in [6.07, 6.45) is 3.45. The second-order valence-electron chi connectivity index (χ2n) is 15.0. The Morgan fingerprint density at radius 3 is 2.23 bits per heavy atom. The van der Waals surface area contributed by atoms with Crippen molar-refractivity contribution in [2.75, 3.05) is 50.7 Å². The molecule has 11 nitrogen and oxygen atoms in total. The van der Waals surface area contributed by atoms with Crippen molar-refractivity contribution in [3.8, 4) is 11.6 Å². The van der Waals surface area contributed by atoms with E-state index in [1.165, 1.54) is 24.5 Å². The van der Waals surface area contributed by atoms with E-state index in [0.29, 0.717) is 38.3 Å². The van der Waals surface area contributed by atoms with Crippen molar-refractivity contribution >= 4 is 17.8 Å². The van der Waals surface area contributed by atoms with Crippen molar-refractivity contribution in [2.45, 2.75) is 97.5 Å². The zero-order chi connectivity index (χ0) is 34.1. The molecule has 3 fully saturated rings. The quantitative estimate of drug-likeness (QED) is 0.354. The second-order valence-corrected chi connectivity index (χ2v) is 15.0. The molecule has 3 saturated heterocycles. The van der Waals surface area contributed by atoms with E-state index in [2.05, 4.69) is 25.0 Å². The number of aromatic nitrogens is 3. The molecule has 0 radical (unpaired) electrons. The van der Waals surface area contributed by atoms with Gasteiger partial charge in [-0.2, -0.15) is 0 Å². The maximum atomic E-state index is 15.8. The molecule has 13 heteroatoms. The molecule has 0 bridgehead atoms. The summed E-state index contributed by atoms with van der Waals surface area (Å²) in [6, 6.07) is 3.69. The van der Waals surface area contributed by atoms with Gasteiger partial charge < -0.3 is 29.1 Å². The van der Waals surface area contributed by atoms with Gasteiger partial charge >= 0.3 is 6.09 Å². The number of halogens is 2. The molecule has 1 spiro atoms. The Kier molecular flexibility index (Phi) is 9.96. The standard InChI is InChI=1S/C34H49F2N7O4/c1-23(2)43(24(3)4)30(44)26-18-25(35)8-9-27(26)46-29-28(37-22-38-39-29)42-19-33(20-42)10-14-40(15-11-33)21-34(36)12-16-41(17-13-34)31(45)47-32(5,6)7/h8-9,18,22-24H,10-17,19-21H2,1-7H3. The molecule has 1 aromatic carbocycles. The molecule has 3 aliphatic rings. The average Bonchev–Trinajstić information content (AvgIpc) is 2.96. The average molecular weight is 658 g/mol. The molecule has 0 unspecified atom stereocenters. The van der Waals surface area contributed by atoms with Gasteiger partial charge in [-0.05, 0) is 92.6 Å². The largest absolute Gasteiger partial charge is 0.444 e. The lowest BCUT2D eigenvalue weighted by Crippen LogP contribution is -2.61. The highest BCUT2D eigenvalue weighted by Crippen LogP contribution is 2.45. The van der Waals surface area contributed by atoms with Crippen LogP contribution in [0.1, 0.15) is 84.5 Å². The Morgan fingerprint density at radius 1 is 1.00 bits per heavy atom. The summed E-state index contributed by atoms with van der Waals surface area (Å²) in [6.45, 7) is 17.3. The van der Waals surface area contributed by atoms with Gasteiger partial charge in [0.2, 0.25) is 0 Å². The van der Waals surface area contributed by atoms with Crippen molar-refractivity contribution in [1.82, 2.24) is 29.9 Å². The number of alkyl halides is 1. The Bertz CT molecular complexity index is 1420. The number of hydrogen-bond acceptors (Lipinski definition) is 9. The molecule has 4 heterocycles. The van der Waals surface area contributed by atoms with Gasteiger partial charge in [-0.3, -0.25) is 4.79 Å². The van der Waals surface area contributed by atoms with Crippen molar-refractivity contribution < 1.29 is 27.8 Å². The van der Waals surface area contributed by atoms with E-state index in [1.54, 1.807) is 9.80 Å². The number of rotatable bonds is 8. The predicted octanol–water partition coefficient (Wildman–Crippen LogP) is 5.70. The fraction of sp³-hybridized carbons (Fsp3) is 0.676. The summed E-state index contributed by atoms with van der Waals surface area (Å²) in [5.41, 5.74) is -1.71. The van der Waals surface area contributed by atoms with Gasteiger partial charge in [-0.1, -0.05) is 0 Å². The number of benzene rings is 1. The Balaban J connectivity index is 1.17. The van der Waals surface area contributed by atoms with Crippen molar-refractivity contribution in [3.63, 3.8) is 0 Å². The lowest BCUT2D eigenvalue weighted by atomic mass is 9.71. The van der Waals surface area contributed by atoms with E-state index >= 15 is 4.39 Å². The SMILES string of the molecule is CC(C)N(C(=O)c1cc(F)ccc1Oc1nncnc1N1CC2(CCN(CC3(F)CCN(C(=O)OC(C)(C)C)CC3)CC2)C1)C(C)C. The van der Waals surface area contributed by atoms with Crippen molar-refractivity contribution in [1.29, 1.82) is 0 Å². The lowest BCUT2D eigenvalue weighted by molar-refractivity contribution is -0.0163. The number of amides is 2. The number of carbonyl (C=O) groups excluding carboxylic acids is 2. The number of nitrogens with zero attached hydrogens (tertiary/aromatic N) is 7. The Labute approximate surface area is 276 Å². The third kappa shape index (κ3) is 8.10. The molecule has 3 aliphatic heterocycles. The fourth-order valence-corrected chi connectivity index (χ4v) is 7.00. The molecule has 0 atom stereocenters. The van der Waals surface area contributed by atoms with Crippen LogP contribution in [0.4, 0.5) is 19.4 Å². The molecular formula is C34H49F2N7O4. The van der Waals surface area contributed by atoms with E-state index in [-0.39, 0.29) is 46.7 Å². The van der Waals surface area contributed by atoms with E-state index in [0.717, 1.165) is 39.0 Å². The molecular weight excluding hydrogens is 608 g/mol. The van der Waals surface area contributed by atoms with Gasteiger partial charge in [0.15, 0.2) is 5.82 Å². The predicted molar refractivity (Wildman–Crippen MR) is 174 cm³/mol. The summed E-state index contributed by atoms with van der Waals surface area (Å²) in [7, 11) is 0. The normalized spacial score (nSPS) is 19.6. The molecule has 0 saturated carbocycles. The molecule has 47 heavy (non-hydrogen) atoms. The summed E-state index contributed by atoms with van der Waals surface area (Å²) in [5, 5.41) is 8.11. The summed E-state index contributed by atoms with van der Waals surface area (Å²) in [5.74, 6) is -0.0160. The highest BCUT2D eigenvalue weighted by Gasteiger charge is 2.48. The maximum Gasteiger partial charge on any atom is 0.410 e. The summed E-state index contributed by atoms with van der Waals surface area (Å²) >= 11 is 0. The first kappa shape index (κ1) is 34.7. The summed E-state index contributed by atoms with van der Waals surface area (Å²) < 4.78 is 41.8. The van der Waals surface area contributed by atoms with Gasteiger partial charge in [0.25, 0.3) is 11.8 Å². The first-order chi connectivity index (χ1) is 22.1. The maximum absolute atomic E-state index is 15.8. The number of likely N-dealkylation sites (tertiary alicyclic amines) is 2. The minimum atomic E-state index is -1.32. The molecule has 258 valence electrons. The fourth-order valence-electron chi connectivity index (χ4n) is 7.00. The number of carbonyl (C=O) groups is 2. The van der Waals surface area contributed by atoms with Crippen LogP contribution in [0.15, 0.2) is 24.5 Å². The van der Waals surface area contributed by atoms with Crippen LogP contribution in [-0.2, 0) is 4.74 Å². The number of ether oxygens (including phenoxy) is 2. The molecule has 0 aliphatic carbocycles. The topological polar surface area (TPSA) is 104 Å². The van der Waals surface area contributed by atoms with Crippen LogP contribution < -0.4 is 9.64 Å². The van der Waals surface area contributed by atoms with Gasteiger partial charge in [-0.15, -0.1) is 10.2 Å². The Morgan fingerprint density at radius 2 is 1.64 bits per heavy atom. The third-order valence-electron chi connectivity index (χ3n) is 9.38. The smallest absolute Gasteiger partial charge is 0.410 e. The lowest BCUT2D eigenvalue weighted by Gasteiger charge is -2.55. The van der Waals surface area contributed by atoms with E-state index in [4.69, 9.17) is 9.47 Å². The van der Waals surface area contributed by atoms with E-state index < -0.39 is 17.1 Å². The van der Waals surface area contributed by atoms with Crippen LogP contribution in [-0.4, -0.2) is 111 Å². The van der Waals surface area contributed by atoms with Crippen LogP contribution in [0.5, 0.6) is 11.6 Å². The highest BCUT2D eigenvalue weighted by atomic mass is 19.1. The van der Waals surface area contributed by atoms with Crippen LogP contribution in [0.3, 0.4) is 0 Å². The van der Waals surface area contributed by atoms with Crippen LogP contribution >= 0.6 is 0 Å². The molecule has 2 aromatic rings. The zero-order valence-corrected chi connectivity index (χ0v) is 28.8. The zero-order valence-electron chi connectivity index (χ0n) is 28.8. The minimum absolute atomic E-state index is 0.0777. The number of piperidine rings is 2. The van der Waals surface area contributed by atoms with Gasteiger partial charge in [0, 0.05) is 63.1 Å². The molecule has 0 N–H and O–H groups in total. The monoisotopic (exact) mass is 657 g/mol. The molecule has 1 aromatic heterocycles. The first-order valence-corrected chi connectivity index (χ1v) is 16.7. The van der Waals surface area contributed by atoms with Gasteiger partial charge in [0.1, 0.15) is 29.2 Å². The van der Waals surface area contributed by atoms with Gasteiger partial charge in [0.05, 0.1) is 5.56 Å². The number of anilines is 1. The summed E-state index contributed by atoms with van der Waals surface area (Å²) in [4.78, 5) is 38.0. The van der Waals surface area contributed by atoms with E-state index in [1.807, 2.05) is 48.5 Å². The highest BCUT2D eigenvalue weighted by molar-refractivity contribution is 5.97. The van der Waals surface area contributed by atoms with Crippen molar-refractivity contribution in [3.05, 3.63) is 35.9 Å². The minimum Gasteiger partial charge on any atom is -0.444 e. The van der Waals surface area contributed by atoms with Crippen LogP contribution in [0.2, 0.25) is 0 Å². The van der Waals surface area contributed by atoms with Crippen LogP contribution in [0.25, 0.3) is 0 Å². The van der Waals surface area contributed by atoms with E-state index in [9.17, 15) is 14.0 Å². The van der Waals surface area contributed by atoms with Crippen molar-refractivity contribution in [2.24, 2.45) is 5.41 Å². The molecule has 2 amide bonds. The van der Waals surface area contributed by atoms with Gasteiger partial charge in [-0.25, -0.2) is 18.6 Å². The second kappa shape index (κ2) is 13.5. The first-order valence-electron chi connectivity index (χ1n) is 16.7. The third-order valence-corrected chi connectivity index (χ3v) is 9.38.